The molecule has 1 heterocycles. The maximum absolute atomic E-state index is 13.8. The first kappa shape index (κ1) is 13.8. The number of anilines is 2. The molecule has 0 saturated carbocycles. The quantitative estimate of drug-likeness (QED) is 0.815. The Morgan fingerprint density at radius 2 is 1.84 bits per heavy atom. The second kappa shape index (κ2) is 5.57. The molecule has 102 valence electrons. The van der Waals surface area contributed by atoms with E-state index in [9.17, 15) is 8.78 Å². The highest BCUT2D eigenvalue weighted by Crippen LogP contribution is 2.32. The van der Waals surface area contributed by atoms with E-state index >= 15 is 0 Å². The second-order valence-electron chi connectivity index (χ2n) is 4.74. The lowest BCUT2D eigenvalue weighted by molar-refractivity contribution is 0.534. The minimum absolute atomic E-state index is 0.0813. The predicted molar refractivity (Wildman–Crippen MR) is 76.3 cm³/mol. The van der Waals surface area contributed by atoms with E-state index in [0.717, 1.165) is 17.0 Å². The fourth-order valence-electron chi connectivity index (χ4n) is 1.92. The molecule has 1 atom stereocenters. The van der Waals surface area contributed by atoms with Gasteiger partial charge in [0, 0.05) is 10.6 Å². The number of nitrogen functional groups attached to an aromatic ring is 1. The van der Waals surface area contributed by atoms with Gasteiger partial charge in [-0.15, -0.1) is 11.3 Å². The molecule has 1 unspecified atom stereocenters. The topological polar surface area (TPSA) is 38.0 Å². The van der Waals surface area contributed by atoms with E-state index < -0.39 is 11.6 Å². The van der Waals surface area contributed by atoms with Crippen molar-refractivity contribution in [3.8, 4) is 0 Å². The zero-order valence-corrected chi connectivity index (χ0v) is 11.6. The molecule has 2 aromatic rings. The summed E-state index contributed by atoms with van der Waals surface area (Å²) in [6.07, 6.45) is 0. The van der Waals surface area contributed by atoms with Crippen LogP contribution in [0.1, 0.15) is 24.8 Å². The molecular formula is C14H16F2N2S. The van der Waals surface area contributed by atoms with Crippen molar-refractivity contribution in [1.29, 1.82) is 0 Å². The molecule has 0 radical (unpaired) electrons. The number of hydrogen-bond acceptors (Lipinski definition) is 3. The zero-order chi connectivity index (χ0) is 14.0. The first-order valence-electron chi connectivity index (χ1n) is 6.03. The van der Waals surface area contributed by atoms with Gasteiger partial charge in [-0.25, -0.2) is 8.78 Å². The Morgan fingerprint density at radius 3 is 2.32 bits per heavy atom. The number of benzene rings is 1. The summed E-state index contributed by atoms with van der Waals surface area (Å²) in [5, 5.41) is 4.90. The molecule has 0 aliphatic rings. The average Bonchev–Trinajstić information content (AvgIpc) is 2.80. The Hall–Kier alpha value is -1.62. The van der Waals surface area contributed by atoms with Crippen molar-refractivity contribution in [1.82, 2.24) is 0 Å². The van der Waals surface area contributed by atoms with Gasteiger partial charge in [0.25, 0.3) is 0 Å². The van der Waals surface area contributed by atoms with Gasteiger partial charge in [-0.3, -0.25) is 0 Å². The molecule has 0 saturated heterocycles. The van der Waals surface area contributed by atoms with Crippen molar-refractivity contribution >= 4 is 22.7 Å². The van der Waals surface area contributed by atoms with Gasteiger partial charge in [-0.1, -0.05) is 19.9 Å². The van der Waals surface area contributed by atoms with Crippen molar-refractivity contribution in [3.05, 3.63) is 46.2 Å². The van der Waals surface area contributed by atoms with Crippen LogP contribution in [0.15, 0.2) is 29.6 Å². The molecular weight excluding hydrogens is 266 g/mol. The van der Waals surface area contributed by atoms with Gasteiger partial charge in [-0.05, 0) is 29.5 Å². The van der Waals surface area contributed by atoms with Gasteiger partial charge in [0.1, 0.15) is 5.69 Å². The summed E-state index contributed by atoms with van der Waals surface area (Å²) in [6.45, 7) is 4.01. The van der Waals surface area contributed by atoms with E-state index in [0.29, 0.717) is 0 Å². The van der Waals surface area contributed by atoms with Gasteiger partial charge >= 0.3 is 0 Å². The van der Waals surface area contributed by atoms with Crippen LogP contribution in [0.4, 0.5) is 20.2 Å². The normalized spacial score (nSPS) is 12.7. The van der Waals surface area contributed by atoms with E-state index in [-0.39, 0.29) is 23.3 Å². The zero-order valence-electron chi connectivity index (χ0n) is 10.8. The van der Waals surface area contributed by atoms with Gasteiger partial charge in [-0.2, -0.15) is 0 Å². The highest BCUT2D eigenvalue weighted by molar-refractivity contribution is 7.10. The monoisotopic (exact) mass is 282 g/mol. The van der Waals surface area contributed by atoms with Crippen molar-refractivity contribution < 1.29 is 8.78 Å². The lowest BCUT2D eigenvalue weighted by Crippen LogP contribution is -2.17. The number of halogens is 2. The van der Waals surface area contributed by atoms with Crippen LogP contribution in [0.5, 0.6) is 0 Å². The maximum Gasteiger partial charge on any atom is 0.151 e. The Bertz CT molecular complexity index is 530. The third-order valence-electron chi connectivity index (χ3n) is 2.88. The molecule has 0 amide bonds. The highest BCUT2D eigenvalue weighted by Gasteiger charge is 2.20. The summed E-state index contributed by atoms with van der Waals surface area (Å²) < 4.78 is 27.6. The Morgan fingerprint density at radius 1 is 1.21 bits per heavy atom. The summed E-state index contributed by atoms with van der Waals surface area (Å²) in [5.74, 6) is -1.13. The molecule has 0 spiro atoms. The van der Waals surface area contributed by atoms with E-state index in [2.05, 4.69) is 5.32 Å². The van der Waals surface area contributed by atoms with E-state index in [4.69, 9.17) is 5.73 Å². The number of nitrogens with one attached hydrogen (secondary N) is 1. The molecule has 0 aliphatic heterocycles. The Kier molecular flexibility index (Phi) is 4.04. The first-order valence-corrected chi connectivity index (χ1v) is 6.91. The van der Waals surface area contributed by atoms with Gasteiger partial charge in [0.05, 0.1) is 6.04 Å². The molecule has 2 rings (SSSR count). The van der Waals surface area contributed by atoms with Crippen LogP contribution < -0.4 is 11.1 Å². The fraction of sp³-hybridized carbons (Fsp3) is 0.286. The lowest BCUT2D eigenvalue weighted by atomic mass is 10.0. The summed E-state index contributed by atoms with van der Waals surface area (Å²) >= 11 is 1.56. The summed E-state index contributed by atoms with van der Waals surface area (Å²) in [5.41, 5.74) is 5.37. The average molecular weight is 282 g/mol. The number of hydrogen-bond donors (Lipinski definition) is 2. The van der Waals surface area contributed by atoms with Crippen LogP contribution in [0.3, 0.4) is 0 Å². The molecule has 0 fully saturated rings. The van der Waals surface area contributed by atoms with Gasteiger partial charge in [0.15, 0.2) is 11.6 Å². The van der Waals surface area contributed by atoms with Crippen molar-refractivity contribution in [3.63, 3.8) is 0 Å². The van der Waals surface area contributed by atoms with E-state index in [1.54, 1.807) is 11.3 Å². The molecule has 1 aromatic heterocycles. The van der Waals surface area contributed by atoms with Crippen molar-refractivity contribution in [2.24, 2.45) is 5.92 Å². The van der Waals surface area contributed by atoms with Crippen LogP contribution in [-0.4, -0.2) is 0 Å². The molecule has 2 nitrogen and oxygen atoms in total. The first-order chi connectivity index (χ1) is 8.99. The van der Waals surface area contributed by atoms with Crippen LogP contribution in [-0.2, 0) is 0 Å². The summed E-state index contributed by atoms with van der Waals surface area (Å²) in [4.78, 5) is 1.05. The molecule has 0 bridgehead atoms. The highest BCUT2D eigenvalue weighted by atomic mass is 32.1. The predicted octanol–water partition coefficient (Wildman–Crippen LogP) is 4.42. The SMILES string of the molecule is CC(C)C(Nc1c(F)cc(N)cc1F)c1cccs1. The lowest BCUT2D eigenvalue weighted by Gasteiger charge is -2.23. The molecule has 0 aliphatic carbocycles. The third-order valence-corrected chi connectivity index (χ3v) is 3.84. The molecule has 1 aromatic carbocycles. The van der Waals surface area contributed by atoms with E-state index in [1.165, 1.54) is 0 Å². The molecule has 3 N–H and O–H groups in total. The second-order valence-corrected chi connectivity index (χ2v) is 5.72. The van der Waals surface area contributed by atoms with Crippen LogP contribution in [0.2, 0.25) is 0 Å². The number of rotatable bonds is 4. The summed E-state index contributed by atoms with van der Waals surface area (Å²) in [6, 6.07) is 5.99. The Labute approximate surface area is 115 Å². The Balaban J connectivity index is 2.33. The third kappa shape index (κ3) is 3.04. The van der Waals surface area contributed by atoms with Crippen LogP contribution in [0, 0.1) is 17.6 Å². The minimum atomic E-state index is -0.667. The van der Waals surface area contributed by atoms with Crippen LogP contribution >= 0.6 is 11.3 Å². The number of thiophene rings is 1. The fourth-order valence-corrected chi connectivity index (χ4v) is 2.87. The van der Waals surface area contributed by atoms with Gasteiger partial charge < -0.3 is 11.1 Å². The standard InChI is InChI=1S/C14H16F2N2S/c1-8(2)13(12-4-3-5-19-12)18-14-10(15)6-9(17)7-11(14)16/h3-8,13,18H,17H2,1-2H3. The summed E-state index contributed by atoms with van der Waals surface area (Å²) in [7, 11) is 0. The smallest absolute Gasteiger partial charge is 0.151 e. The van der Waals surface area contributed by atoms with Crippen molar-refractivity contribution in [2.45, 2.75) is 19.9 Å². The molecule has 5 heteroatoms. The van der Waals surface area contributed by atoms with Crippen molar-refractivity contribution in [2.75, 3.05) is 11.1 Å². The largest absolute Gasteiger partial charge is 0.399 e. The van der Waals surface area contributed by atoms with E-state index in [1.807, 2.05) is 31.4 Å². The van der Waals surface area contributed by atoms with Gasteiger partial charge in [0.2, 0.25) is 0 Å². The maximum atomic E-state index is 13.8. The minimum Gasteiger partial charge on any atom is -0.399 e. The van der Waals surface area contributed by atoms with Crippen LogP contribution in [0.25, 0.3) is 0 Å². The molecule has 19 heavy (non-hydrogen) atoms. The number of nitrogens with two attached hydrogens (primary N) is 1.